The van der Waals surface area contributed by atoms with Crippen LogP contribution >= 0.6 is 11.6 Å². The van der Waals surface area contributed by atoms with Crippen LogP contribution in [0, 0.1) is 23.2 Å². The molecule has 19 heavy (non-hydrogen) atoms. The Labute approximate surface area is 118 Å². The Morgan fingerprint density at radius 3 is 2.79 bits per heavy atom. The van der Waals surface area contributed by atoms with Crippen molar-refractivity contribution >= 4 is 17.4 Å². The quantitative estimate of drug-likeness (QED) is 0.832. The van der Waals surface area contributed by atoms with E-state index in [1.807, 2.05) is 0 Å². The second-order valence-electron chi connectivity index (χ2n) is 5.04. The number of anilines is 1. The summed E-state index contributed by atoms with van der Waals surface area (Å²) >= 11 is 5.86. The molecule has 2 N–H and O–H groups in total. The molecular formula is C14H18ClN3O. The number of nitrogens with zero attached hydrogens (tertiary/aromatic N) is 2. The fraction of sp³-hybridized carbons (Fsp3) is 0.571. The Morgan fingerprint density at radius 1 is 1.37 bits per heavy atom. The highest BCUT2D eigenvalue weighted by Gasteiger charge is 2.24. The van der Waals surface area contributed by atoms with Gasteiger partial charge in [0.1, 0.15) is 11.0 Å². The fourth-order valence-electron chi connectivity index (χ4n) is 2.68. The molecule has 0 radical (unpaired) electrons. The van der Waals surface area contributed by atoms with E-state index < -0.39 is 0 Å². The first kappa shape index (κ1) is 14.1. The van der Waals surface area contributed by atoms with Crippen LogP contribution in [-0.2, 0) is 0 Å². The molecule has 1 fully saturated rings. The number of pyridine rings is 1. The van der Waals surface area contributed by atoms with Crippen molar-refractivity contribution in [2.45, 2.75) is 25.7 Å². The van der Waals surface area contributed by atoms with Crippen LogP contribution in [0.5, 0.6) is 0 Å². The topological polar surface area (TPSA) is 68.9 Å². The zero-order valence-electron chi connectivity index (χ0n) is 10.8. The third kappa shape index (κ3) is 3.82. The number of halogens is 1. The van der Waals surface area contributed by atoms with E-state index in [9.17, 15) is 5.11 Å². The SMILES string of the molecule is N#Cc1cc(Cl)nc(NCC2CCCCC2CO)c1. The average molecular weight is 280 g/mol. The smallest absolute Gasteiger partial charge is 0.132 e. The summed E-state index contributed by atoms with van der Waals surface area (Å²) in [5, 5.41) is 21.8. The van der Waals surface area contributed by atoms with Gasteiger partial charge in [0, 0.05) is 13.2 Å². The summed E-state index contributed by atoms with van der Waals surface area (Å²) < 4.78 is 0. The van der Waals surface area contributed by atoms with Gasteiger partial charge < -0.3 is 10.4 Å². The molecule has 0 saturated heterocycles. The van der Waals surface area contributed by atoms with Crippen molar-refractivity contribution in [2.24, 2.45) is 11.8 Å². The first-order valence-corrected chi connectivity index (χ1v) is 7.03. The van der Waals surface area contributed by atoms with Crippen molar-refractivity contribution in [1.29, 1.82) is 5.26 Å². The van der Waals surface area contributed by atoms with E-state index >= 15 is 0 Å². The summed E-state index contributed by atoms with van der Waals surface area (Å²) in [5.41, 5.74) is 0.504. The summed E-state index contributed by atoms with van der Waals surface area (Å²) in [6, 6.07) is 5.30. The van der Waals surface area contributed by atoms with Crippen LogP contribution in [0.3, 0.4) is 0 Å². The summed E-state index contributed by atoms with van der Waals surface area (Å²) in [6.45, 7) is 1.02. The number of aromatic nitrogens is 1. The third-order valence-electron chi connectivity index (χ3n) is 3.77. The standard InChI is InChI=1S/C14H18ClN3O/c15-13-5-10(7-16)6-14(18-13)17-8-11-3-1-2-4-12(11)9-19/h5-6,11-12,19H,1-4,8-9H2,(H,17,18). The lowest BCUT2D eigenvalue weighted by Crippen LogP contribution is -2.28. The molecule has 1 aliphatic carbocycles. The number of nitriles is 1. The molecule has 102 valence electrons. The number of hydrogen-bond donors (Lipinski definition) is 2. The highest BCUT2D eigenvalue weighted by Crippen LogP contribution is 2.29. The zero-order valence-corrected chi connectivity index (χ0v) is 11.5. The van der Waals surface area contributed by atoms with Gasteiger partial charge >= 0.3 is 0 Å². The van der Waals surface area contributed by atoms with Crippen LogP contribution in [0.2, 0.25) is 5.15 Å². The van der Waals surface area contributed by atoms with Gasteiger partial charge in [-0.25, -0.2) is 4.98 Å². The van der Waals surface area contributed by atoms with Crippen molar-refractivity contribution in [1.82, 2.24) is 4.98 Å². The molecule has 2 atom stereocenters. The molecule has 1 aromatic heterocycles. The Hall–Kier alpha value is -1.31. The number of rotatable bonds is 4. The highest BCUT2D eigenvalue weighted by molar-refractivity contribution is 6.29. The molecule has 1 heterocycles. The van der Waals surface area contributed by atoms with Gasteiger partial charge in [0.15, 0.2) is 0 Å². The molecule has 1 aromatic rings. The minimum Gasteiger partial charge on any atom is -0.396 e. The van der Waals surface area contributed by atoms with E-state index in [1.165, 1.54) is 12.8 Å². The first-order valence-electron chi connectivity index (χ1n) is 6.65. The number of aliphatic hydroxyl groups excluding tert-OH is 1. The molecule has 4 nitrogen and oxygen atoms in total. The Morgan fingerprint density at radius 2 is 2.11 bits per heavy atom. The first-order chi connectivity index (χ1) is 9.22. The molecule has 2 rings (SSSR count). The molecule has 0 aliphatic heterocycles. The summed E-state index contributed by atoms with van der Waals surface area (Å²) in [5.74, 6) is 1.47. The van der Waals surface area contributed by atoms with Gasteiger partial charge in [-0.05, 0) is 36.8 Å². The van der Waals surface area contributed by atoms with E-state index in [-0.39, 0.29) is 6.61 Å². The monoisotopic (exact) mass is 279 g/mol. The van der Waals surface area contributed by atoms with Gasteiger partial charge in [0.2, 0.25) is 0 Å². The number of nitrogens with one attached hydrogen (secondary N) is 1. The molecular weight excluding hydrogens is 262 g/mol. The maximum atomic E-state index is 9.38. The van der Waals surface area contributed by atoms with Crippen molar-refractivity contribution < 1.29 is 5.11 Å². The van der Waals surface area contributed by atoms with Gasteiger partial charge in [0.25, 0.3) is 0 Å². The fourth-order valence-corrected chi connectivity index (χ4v) is 2.89. The van der Waals surface area contributed by atoms with E-state index in [1.54, 1.807) is 12.1 Å². The second kappa shape index (κ2) is 6.74. The third-order valence-corrected chi connectivity index (χ3v) is 3.96. The predicted molar refractivity (Wildman–Crippen MR) is 75.0 cm³/mol. The molecule has 5 heteroatoms. The van der Waals surface area contributed by atoms with Gasteiger partial charge in [-0.2, -0.15) is 5.26 Å². The molecule has 1 saturated carbocycles. The van der Waals surface area contributed by atoms with Crippen LogP contribution in [0.4, 0.5) is 5.82 Å². The lowest BCUT2D eigenvalue weighted by molar-refractivity contribution is 0.141. The maximum Gasteiger partial charge on any atom is 0.132 e. The summed E-state index contributed by atoms with van der Waals surface area (Å²) in [6.07, 6.45) is 4.64. The summed E-state index contributed by atoms with van der Waals surface area (Å²) in [4.78, 5) is 4.16. The number of aliphatic hydroxyl groups is 1. The Balaban J connectivity index is 1.98. The van der Waals surface area contributed by atoms with Crippen LogP contribution < -0.4 is 5.32 Å². The second-order valence-corrected chi connectivity index (χ2v) is 5.43. The van der Waals surface area contributed by atoms with E-state index in [2.05, 4.69) is 16.4 Å². The number of hydrogen-bond acceptors (Lipinski definition) is 4. The lowest BCUT2D eigenvalue weighted by Gasteiger charge is -2.30. The minimum atomic E-state index is 0.249. The van der Waals surface area contributed by atoms with Crippen molar-refractivity contribution in [3.63, 3.8) is 0 Å². The maximum absolute atomic E-state index is 9.38. The van der Waals surface area contributed by atoms with Crippen LogP contribution in [0.1, 0.15) is 31.2 Å². The van der Waals surface area contributed by atoms with E-state index in [0.717, 1.165) is 19.4 Å². The van der Waals surface area contributed by atoms with Gasteiger partial charge in [-0.3, -0.25) is 0 Å². The normalized spacial score (nSPS) is 22.8. The lowest BCUT2D eigenvalue weighted by atomic mass is 9.79. The van der Waals surface area contributed by atoms with Gasteiger partial charge in [-0.1, -0.05) is 24.4 Å². The molecule has 0 spiro atoms. The highest BCUT2D eigenvalue weighted by atomic mass is 35.5. The largest absolute Gasteiger partial charge is 0.396 e. The molecule has 0 aromatic carbocycles. The van der Waals surface area contributed by atoms with Gasteiger partial charge in [-0.15, -0.1) is 0 Å². The van der Waals surface area contributed by atoms with Crippen LogP contribution in [0.25, 0.3) is 0 Å². The van der Waals surface area contributed by atoms with Crippen molar-refractivity contribution in [2.75, 3.05) is 18.5 Å². The zero-order chi connectivity index (χ0) is 13.7. The molecule has 0 bridgehead atoms. The molecule has 2 unspecified atom stereocenters. The van der Waals surface area contributed by atoms with Crippen LogP contribution in [0.15, 0.2) is 12.1 Å². The summed E-state index contributed by atoms with van der Waals surface area (Å²) in [7, 11) is 0. The minimum absolute atomic E-state index is 0.249. The van der Waals surface area contributed by atoms with Crippen molar-refractivity contribution in [3.05, 3.63) is 22.8 Å². The Bertz CT molecular complexity index is 472. The van der Waals surface area contributed by atoms with Crippen LogP contribution in [-0.4, -0.2) is 23.2 Å². The molecule has 0 amide bonds. The van der Waals surface area contributed by atoms with Gasteiger partial charge in [0.05, 0.1) is 11.6 Å². The average Bonchev–Trinajstić information content (AvgIpc) is 2.44. The predicted octanol–water partition coefficient (Wildman–Crippen LogP) is 2.82. The van der Waals surface area contributed by atoms with E-state index in [0.29, 0.717) is 28.4 Å². The molecule has 1 aliphatic rings. The van der Waals surface area contributed by atoms with E-state index in [4.69, 9.17) is 16.9 Å². The Kier molecular flexibility index (Phi) is 5.00. The van der Waals surface area contributed by atoms with Crippen molar-refractivity contribution in [3.8, 4) is 6.07 Å².